The quantitative estimate of drug-likeness (QED) is 0.554. The zero-order chi connectivity index (χ0) is 18.8. The van der Waals surface area contributed by atoms with Gasteiger partial charge in [0.25, 0.3) is 0 Å². The van der Waals surface area contributed by atoms with E-state index < -0.39 is 0 Å². The molecule has 0 aliphatic heterocycles. The smallest absolute Gasteiger partial charge is 0.170 e. The first kappa shape index (κ1) is 17.5. The summed E-state index contributed by atoms with van der Waals surface area (Å²) in [5.41, 5.74) is 2.54. The van der Waals surface area contributed by atoms with Gasteiger partial charge < -0.3 is 14.4 Å². The van der Waals surface area contributed by atoms with Crippen molar-refractivity contribution in [3.63, 3.8) is 0 Å². The summed E-state index contributed by atoms with van der Waals surface area (Å²) in [6.45, 7) is 0.612. The second-order valence-electron chi connectivity index (χ2n) is 6.15. The molecule has 2 heterocycles. The van der Waals surface area contributed by atoms with Gasteiger partial charge >= 0.3 is 0 Å². The fraction of sp³-hybridized carbons (Fsp3) is 0.211. The molecule has 0 bridgehead atoms. The van der Waals surface area contributed by atoms with Crippen LogP contribution in [0.3, 0.4) is 0 Å². The Bertz CT molecular complexity index is 1070. The number of aliphatic hydroxyl groups excluding tert-OH is 1. The highest BCUT2D eigenvalue weighted by atomic mass is 35.5. The SMILES string of the molecule is Cn1cnc(Cn2c(CO)nc3cc(Cl)c(OCc4ccccc4)cc32)n1. The predicted molar refractivity (Wildman–Crippen MR) is 102 cm³/mol. The predicted octanol–water partition coefficient (Wildman–Crippen LogP) is 2.94. The van der Waals surface area contributed by atoms with Gasteiger partial charge in [0.1, 0.15) is 31.1 Å². The third kappa shape index (κ3) is 3.65. The molecule has 0 saturated carbocycles. The molecular formula is C19H18ClN5O2. The van der Waals surface area contributed by atoms with E-state index >= 15 is 0 Å². The van der Waals surface area contributed by atoms with Gasteiger partial charge in [-0.25, -0.2) is 9.97 Å². The third-order valence-corrected chi connectivity index (χ3v) is 4.50. The van der Waals surface area contributed by atoms with Gasteiger partial charge in [-0.3, -0.25) is 4.68 Å². The average Bonchev–Trinajstić information content (AvgIpc) is 3.24. The number of hydrogen-bond acceptors (Lipinski definition) is 5. The van der Waals surface area contributed by atoms with E-state index in [1.54, 1.807) is 17.1 Å². The Morgan fingerprint density at radius 1 is 1.19 bits per heavy atom. The van der Waals surface area contributed by atoms with Gasteiger partial charge in [-0.15, -0.1) is 0 Å². The summed E-state index contributed by atoms with van der Waals surface area (Å²) >= 11 is 6.37. The van der Waals surface area contributed by atoms with Crippen molar-refractivity contribution in [2.75, 3.05) is 0 Å². The molecule has 0 amide bonds. The summed E-state index contributed by atoms with van der Waals surface area (Å²) in [7, 11) is 1.81. The molecule has 2 aromatic carbocycles. The lowest BCUT2D eigenvalue weighted by molar-refractivity contribution is 0.266. The molecule has 0 aliphatic rings. The number of benzene rings is 2. The van der Waals surface area contributed by atoms with Gasteiger partial charge in [0, 0.05) is 13.1 Å². The summed E-state index contributed by atoms with van der Waals surface area (Å²) in [4.78, 5) is 8.72. The molecule has 0 radical (unpaired) electrons. The van der Waals surface area contributed by atoms with Crippen LogP contribution in [0.5, 0.6) is 5.75 Å². The maximum atomic E-state index is 9.70. The number of hydrogen-bond donors (Lipinski definition) is 1. The lowest BCUT2D eigenvalue weighted by Crippen LogP contribution is -2.07. The summed E-state index contributed by atoms with van der Waals surface area (Å²) in [5.74, 6) is 1.72. The molecule has 0 saturated heterocycles. The molecule has 27 heavy (non-hydrogen) atoms. The van der Waals surface area contributed by atoms with E-state index in [1.165, 1.54) is 0 Å². The average molecular weight is 384 g/mol. The molecule has 0 fully saturated rings. The number of aryl methyl sites for hydroxylation is 1. The standard InChI is InChI=1S/C19H18ClN5O2/c1-24-12-21-18(23-24)9-25-16-8-17(27-11-13-5-3-2-4-6-13)14(20)7-15(16)22-19(25)10-26/h2-8,12,26H,9-11H2,1H3. The van der Waals surface area contributed by atoms with E-state index in [0.29, 0.717) is 41.1 Å². The van der Waals surface area contributed by atoms with E-state index in [-0.39, 0.29) is 6.61 Å². The van der Waals surface area contributed by atoms with Crippen molar-refractivity contribution in [1.29, 1.82) is 0 Å². The number of halogens is 1. The van der Waals surface area contributed by atoms with Crippen LogP contribution in [0.25, 0.3) is 11.0 Å². The first-order chi connectivity index (χ1) is 13.1. The molecule has 4 aromatic rings. The Morgan fingerprint density at radius 2 is 2.00 bits per heavy atom. The number of nitrogens with zero attached hydrogens (tertiary/aromatic N) is 5. The van der Waals surface area contributed by atoms with Crippen molar-refractivity contribution in [3.05, 3.63) is 71.0 Å². The molecule has 8 heteroatoms. The number of aromatic nitrogens is 5. The molecule has 0 atom stereocenters. The van der Waals surface area contributed by atoms with E-state index in [4.69, 9.17) is 16.3 Å². The number of aliphatic hydroxyl groups is 1. The summed E-state index contributed by atoms with van der Waals surface area (Å²) < 4.78 is 9.42. The summed E-state index contributed by atoms with van der Waals surface area (Å²) in [5, 5.41) is 14.5. The minimum absolute atomic E-state index is 0.195. The maximum absolute atomic E-state index is 9.70. The summed E-state index contributed by atoms with van der Waals surface area (Å²) in [6.07, 6.45) is 1.64. The normalized spacial score (nSPS) is 11.2. The zero-order valence-electron chi connectivity index (χ0n) is 14.7. The number of ether oxygens (including phenoxy) is 1. The Hall–Kier alpha value is -2.90. The van der Waals surface area contributed by atoms with E-state index in [0.717, 1.165) is 11.1 Å². The van der Waals surface area contributed by atoms with Crippen LogP contribution in [0.1, 0.15) is 17.2 Å². The minimum Gasteiger partial charge on any atom is -0.487 e. The minimum atomic E-state index is -0.195. The highest BCUT2D eigenvalue weighted by Crippen LogP contribution is 2.31. The van der Waals surface area contributed by atoms with Crippen LogP contribution < -0.4 is 4.74 Å². The molecule has 7 nitrogen and oxygen atoms in total. The van der Waals surface area contributed by atoms with Crippen molar-refractivity contribution < 1.29 is 9.84 Å². The first-order valence-corrected chi connectivity index (χ1v) is 8.82. The topological polar surface area (TPSA) is 78.0 Å². The lowest BCUT2D eigenvalue weighted by atomic mass is 10.2. The summed E-state index contributed by atoms with van der Waals surface area (Å²) in [6, 6.07) is 13.5. The van der Waals surface area contributed by atoms with Crippen molar-refractivity contribution >= 4 is 22.6 Å². The van der Waals surface area contributed by atoms with Crippen molar-refractivity contribution in [2.24, 2.45) is 7.05 Å². The van der Waals surface area contributed by atoms with Crippen LogP contribution in [-0.2, 0) is 26.8 Å². The Morgan fingerprint density at radius 3 is 2.70 bits per heavy atom. The molecule has 138 valence electrons. The van der Waals surface area contributed by atoms with Gasteiger partial charge in [0.05, 0.1) is 22.6 Å². The lowest BCUT2D eigenvalue weighted by Gasteiger charge is -2.10. The van der Waals surface area contributed by atoms with E-state index in [2.05, 4.69) is 15.1 Å². The van der Waals surface area contributed by atoms with Crippen molar-refractivity contribution in [2.45, 2.75) is 19.8 Å². The monoisotopic (exact) mass is 383 g/mol. The van der Waals surface area contributed by atoms with Gasteiger partial charge in [-0.2, -0.15) is 5.10 Å². The molecule has 0 spiro atoms. The van der Waals surface area contributed by atoms with Crippen LogP contribution in [-0.4, -0.2) is 29.4 Å². The second kappa shape index (κ2) is 7.38. The first-order valence-electron chi connectivity index (χ1n) is 8.45. The van der Waals surface area contributed by atoms with Crippen LogP contribution in [0.2, 0.25) is 5.02 Å². The van der Waals surface area contributed by atoms with Crippen molar-refractivity contribution in [1.82, 2.24) is 24.3 Å². The molecule has 0 unspecified atom stereocenters. The van der Waals surface area contributed by atoms with Gasteiger partial charge in [-0.05, 0) is 11.6 Å². The van der Waals surface area contributed by atoms with Crippen molar-refractivity contribution in [3.8, 4) is 5.75 Å². The Balaban J connectivity index is 1.69. The van der Waals surface area contributed by atoms with Gasteiger partial charge in [0.2, 0.25) is 0 Å². The molecule has 0 aliphatic carbocycles. The van der Waals surface area contributed by atoms with E-state index in [9.17, 15) is 5.11 Å². The Labute approximate surface area is 160 Å². The van der Waals surface area contributed by atoms with Gasteiger partial charge in [-0.1, -0.05) is 41.9 Å². The van der Waals surface area contributed by atoms with Crippen LogP contribution in [0.4, 0.5) is 0 Å². The fourth-order valence-corrected chi connectivity index (χ4v) is 3.13. The van der Waals surface area contributed by atoms with Crippen LogP contribution >= 0.6 is 11.6 Å². The Kier molecular flexibility index (Phi) is 4.79. The number of imidazole rings is 1. The highest BCUT2D eigenvalue weighted by Gasteiger charge is 2.15. The zero-order valence-corrected chi connectivity index (χ0v) is 15.5. The second-order valence-corrected chi connectivity index (χ2v) is 6.56. The van der Waals surface area contributed by atoms with Crippen LogP contribution in [0.15, 0.2) is 48.8 Å². The number of fused-ring (bicyclic) bond motifs is 1. The van der Waals surface area contributed by atoms with Crippen LogP contribution in [0, 0.1) is 0 Å². The fourth-order valence-electron chi connectivity index (χ4n) is 2.92. The number of rotatable bonds is 6. The molecular weight excluding hydrogens is 366 g/mol. The molecule has 1 N–H and O–H groups in total. The third-order valence-electron chi connectivity index (χ3n) is 4.21. The molecule has 2 aromatic heterocycles. The maximum Gasteiger partial charge on any atom is 0.170 e. The highest BCUT2D eigenvalue weighted by molar-refractivity contribution is 6.32. The van der Waals surface area contributed by atoms with E-state index in [1.807, 2.05) is 48.0 Å². The largest absolute Gasteiger partial charge is 0.487 e. The molecule has 4 rings (SSSR count). The van der Waals surface area contributed by atoms with Gasteiger partial charge in [0.15, 0.2) is 5.82 Å².